The molecule has 1 N–H and O–H groups in total. The summed E-state index contributed by atoms with van der Waals surface area (Å²) in [5.41, 5.74) is -2.04. The Morgan fingerprint density at radius 3 is 2.47 bits per heavy atom. The molecule has 1 aromatic heterocycles. The summed E-state index contributed by atoms with van der Waals surface area (Å²) < 4.78 is 58.5. The zero-order valence-electron chi connectivity index (χ0n) is 17.1. The van der Waals surface area contributed by atoms with E-state index in [1.54, 1.807) is 25.1 Å². The van der Waals surface area contributed by atoms with Gasteiger partial charge in [-0.1, -0.05) is 23.2 Å². The lowest BCUT2D eigenvalue weighted by Crippen LogP contribution is -2.21. The SMILES string of the molecule is Cc1cc(Cl)ccc1Oc1cc(NC(=O)Cn2nc(C(F)F)c(Cl)c2C(F)F)cc([N+](=O)[O-])c1. The average Bonchev–Trinajstić information content (AvgIpc) is 3.06. The molecule has 0 atom stereocenters. The Hall–Kier alpha value is -3.38. The first-order chi connectivity index (χ1) is 16.0. The van der Waals surface area contributed by atoms with E-state index in [1.807, 2.05) is 0 Å². The van der Waals surface area contributed by atoms with Gasteiger partial charge in [0.15, 0.2) is 0 Å². The highest BCUT2D eigenvalue weighted by atomic mass is 35.5. The highest BCUT2D eigenvalue weighted by Gasteiger charge is 2.28. The summed E-state index contributed by atoms with van der Waals surface area (Å²) >= 11 is 11.5. The van der Waals surface area contributed by atoms with Crippen molar-refractivity contribution in [2.75, 3.05) is 5.32 Å². The highest BCUT2D eigenvalue weighted by Crippen LogP contribution is 2.35. The van der Waals surface area contributed by atoms with Gasteiger partial charge in [-0.05, 0) is 30.7 Å². The monoisotopic (exact) mass is 520 g/mol. The molecule has 0 aliphatic rings. The first-order valence-corrected chi connectivity index (χ1v) is 10.1. The third-order valence-corrected chi connectivity index (χ3v) is 5.04. The Morgan fingerprint density at radius 1 is 1.18 bits per heavy atom. The number of carbonyl (C=O) groups excluding carboxylic acids is 1. The largest absolute Gasteiger partial charge is 0.457 e. The van der Waals surface area contributed by atoms with Crippen LogP contribution in [0.4, 0.5) is 28.9 Å². The van der Waals surface area contributed by atoms with Gasteiger partial charge in [-0.15, -0.1) is 0 Å². The standard InChI is InChI=1S/C20H14Cl2F4N4O4/c1-9-4-10(21)2-3-14(9)34-13-6-11(5-12(7-13)30(32)33)27-15(31)8-29-18(20(25)26)16(22)17(28-29)19(23)24/h2-7,19-20H,8H2,1H3,(H,27,31). The predicted octanol–water partition coefficient (Wildman–Crippen LogP) is 6.71. The molecule has 0 radical (unpaired) electrons. The minimum atomic E-state index is -3.28. The Morgan fingerprint density at radius 2 is 1.88 bits per heavy atom. The van der Waals surface area contributed by atoms with E-state index in [-0.39, 0.29) is 11.4 Å². The van der Waals surface area contributed by atoms with Crippen LogP contribution in [0.1, 0.15) is 29.8 Å². The number of alkyl halides is 4. The van der Waals surface area contributed by atoms with Crippen molar-refractivity contribution in [1.82, 2.24) is 9.78 Å². The zero-order valence-corrected chi connectivity index (χ0v) is 18.6. The van der Waals surface area contributed by atoms with Crippen molar-refractivity contribution in [3.05, 3.63) is 73.5 Å². The fraction of sp³-hybridized carbons (Fsp3) is 0.200. The summed E-state index contributed by atoms with van der Waals surface area (Å²) in [6.07, 6.45) is -6.51. The Kier molecular flexibility index (Phi) is 7.62. The Labute approximate surface area is 199 Å². The van der Waals surface area contributed by atoms with Crippen LogP contribution in [0.2, 0.25) is 10.0 Å². The van der Waals surface area contributed by atoms with E-state index in [0.29, 0.717) is 21.0 Å². The number of nitrogens with one attached hydrogen (secondary N) is 1. The minimum Gasteiger partial charge on any atom is -0.457 e. The van der Waals surface area contributed by atoms with Crippen LogP contribution in [0.3, 0.4) is 0 Å². The van der Waals surface area contributed by atoms with Gasteiger partial charge in [-0.3, -0.25) is 19.6 Å². The first kappa shape index (κ1) is 25.2. The number of nitro benzene ring substituents is 1. The molecule has 3 rings (SSSR count). The third-order valence-electron chi connectivity index (χ3n) is 4.41. The molecule has 2 aromatic carbocycles. The molecule has 8 nitrogen and oxygen atoms in total. The fourth-order valence-electron chi connectivity index (χ4n) is 2.95. The number of halogens is 6. The van der Waals surface area contributed by atoms with Gasteiger partial charge in [0.25, 0.3) is 18.5 Å². The molecule has 0 aliphatic carbocycles. The van der Waals surface area contributed by atoms with E-state index in [4.69, 9.17) is 27.9 Å². The number of aryl methyl sites for hydroxylation is 1. The molecule has 0 spiro atoms. The Bertz CT molecular complexity index is 1250. The normalized spacial score (nSPS) is 11.2. The molecule has 0 fully saturated rings. The van der Waals surface area contributed by atoms with Crippen molar-refractivity contribution < 1.29 is 32.0 Å². The number of carbonyl (C=O) groups is 1. The third kappa shape index (κ3) is 5.75. The number of benzene rings is 2. The molecule has 0 saturated heterocycles. The van der Waals surface area contributed by atoms with Gasteiger partial charge < -0.3 is 10.1 Å². The van der Waals surface area contributed by atoms with Crippen molar-refractivity contribution in [3.63, 3.8) is 0 Å². The van der Waals surface area contributed by atoms with Crippen LogP contribution in [0.25, 0.3) is 0 Å². The van der Waals surface area contributed by atoms with Crippen LogP contribution >= 0.6 is 23.2 Å². The highest BCUT2D eigenvalue weighted by molar-refractivity contribution is 6.32. The van der Waals surface area contributed by atoms with Crippen LogP contribution in [0.5, 0.6) is 11.5 Å². The average molecular weight is 521 g/mol. The van der Waals surface area contributed by atoms with Gasteiger partial charge in [-0.2, -0.15) is 5.10 Å². The van der Waals surface area contributed by atoms with E-state index < -0.39 is 52.3 Å². The van der Waals surface area contributed by atoms with Crippen molar-refractivity contribution in [3.8, 4) is 11.5 Å². The van der Waals surface area contributed by atoms with Gasteiger partial charge in [0.1, 0.15) is 29.4 Å². The Balaban J connectivity index is 1.87. The number of non-ortho nitro benzene ring substituents is 1. The zero-order chi connectivity index (χ0) is 25.2. The van der Waals surface area contributed by atoms with E-state index in [9.17, 15) is 32.5 Å². The van der Waals surface area contributed by atoms with E-state index in [1.165, 1.54) is 6.07 Å². The number of aromatic nitrogens is 2. The number of nitrogens with zero attached hydrogens (tertiary/aromatic N) is 3. The molecule has 14 heteroatoms. The van der Waals surface area contributed by atoms with Gasteiger partial charge in [0.2, 0.25) is 5.91 Å². The maximum absolute atomic E-state index is 13.3. The van der Waals surface area contributed by atoms with Crippen molar-refractivity contribution >= 4 is 40.5 Å². The lowest BCUT2D eigenvalue weighted by molar-refractivity contribution is -0.384. The summed E-state index contributed by atoms with van der Waals surface area (Å²) in [7, 11) is 0. The van der Waals surface area contributed by atoms with Gasteiger partial charge in [0.05, 0.1) is 21.7 Å². The van der Waals surface area contributed by atoms with Gasteiger partial charge >= 0.3 is 0 Å². The number of hydrogen-bond donors (Lipinski definition) is 1. The summed E-state index contributed by atoms with van der Waals surface area (Å²) in [6, 6.07) is 8.08. The quantitative estimate of drug-likeness (QED) is 0.202. The van der Waals surface area contributed by atoms with Crippen LogP contribution < -0.4 is 10.1 Å². The smallest absolute Gasteiger partial charge is 0.283 e. The van der Waals surface area contributed by atoms with Crippen molar-refractivity contribution in [2.24, 2.45) is 0 Å². The molecule has 0 saturated carbocycles. The van der Waals surface area contributed by atoms with Crippen LogP contribution in [0, 0.1) is 17.0 Å². The van der Waals surface area contributed by atoms with E-state index in [2.05, 4.69) is 10.4 Å². The number of ether oxygens (including phenoxy) is 1. The molecule has 180 valence electrons. The van der Waals surface area contributed by atoms with Crippen LogP contribution in [0.15, 0.2) is 36.4 Å². The van der Waals surface area contributed by atoms with Crippen molar-refractivity contribution in [2.45, 2.75) is 26.3 Å². The molecule has 1 heterocycles. The van der Waals surface area contributed by atoms with Crippen molar-refractivity contribution in [1.29, 1.82) is 0 Å². The second kappa shape index (κ2) is 10.3. The summed E-state index contributed by atoms with van der Waals surface area (Å²) in [5.74, 6) is -0.643. The van der Waals surface area contributed by atoms with Crippen LogP contribution in [-0.4, -0.2) is 20.6 Å². The molecule has 1 amide bonds. The van der Waals surface area contributed by atoms with Gasteiger partial charge in [-0.25, -0.2) is 17.6 Å². The maximum atomic E-state index is 13.3. The fourth-order valence-corrected chi connectivity index (χ4v) is 3.48. The van der Waals surface area contributed by atoms with Crippen LogP contribution in [-0.2, 0) is 11.3 Å². The number of anilines is 1. The number of amides is 1. The lowest BCUT2D eigenvalue weighted by atomic mass is 10.2. The molecular weight excluding hydrogens is 507 g/mol. The van der Waals surface area contributed by atoms with E-state index in [0.717, 1.165) is 12.1 Å². The molecule has 0 aliphatic heterocycles. The summed E-state index contributed by atoms with van der Waals surface area (Å²) in [5, 5.41) is 16.4. The predicted molar refractivity (Wildman–Crippen MR) is 115 cm³/mol. The topological polar surface area (TPSA) is 99.3 Å². The number of rotatable bonds is 8. The first-order valence-electron chi connectivity index (χ1n) is 9.32. The second-order valence-electron chi connectivity index (χ2n) is 6.88. The lowest BCUT2D eigenvalue weighted by Gasteiger charge is -2.12. The maximum Gasteiger partial charge on any atom is 0.283 e. The van der Waals surface area contributed by atoms with E-state index >= 15 is 0 Å². The molecule has 3 aromatic rings. The number of hydrogen-bond acceptors (Lipinski definition) is 5. The second-order valence-corrected chi connectivity index (χ2v) is 7.69. The summed E-state index contributed by atoms with van der Waals surface area (Å²) in [4.78, 5) is 23.0. The minimum absolute atomic E-state index is 0.00897. The van der Waals surface area contributed by atoms with Gasteiger partial charge in [0, 0.05) is 17.2 Å². The molecule has 0 bridgehead atoms. The molecule has 34 heavy (non-hydrogen) atoms. The summed E-state index contributed by atoms with van der Waals surface area (Å²) in [6.45, 7) is 0.798. The molecule has 0 unspecified atom stereocenters. The number of nitro groups is 1. The molecular formula is C20H14Cl2F4N4O4.